The van der Waals surface area contributed by atoms with Crippen LogP contribution in [0.15, 0.2) is 54.6 Å². The molecule has 0 N–H and O–H groups in total. The molecule has 0 spiro atoms. The normalized spacial score (nSPS) is 21.2. The van der Waals surface area contributed by atoms with Crippen LogP contribution >= 0.6 is 0 Å². The van der Waals surface area contributed by atoms with Crippen molar-refractivity contribution in [3.63, 3.8) is 0 Å². The molecule has 0 saturated carbocycles. The standard InChI is InChI=1S/C22H27N3O2/c1-23-11-12-25(20(16-23)18-7-3-2-4-8-18)22(26)17-24-13-14-27-21-10-6-5-9-19(21)15-24/h2-10,20H,11-17H2,1H3/t20-/m1/s1. The molecule has 0 radical (unpaired) electrons. The Bertz CT molecular complexity index is 780. The van der Waals surface area contributed by atoms with Gasteiger partial charge in [-0.05, 0) is 18.7 Å². The summed E-state index contributed by atoms with van der Waals surface area (Å²) in [6.07, 6.45) is 0. The van der Waals surface area contributed by atoms with Crippen molar-refractivity contribution in [3.8, 4) is 5.75 Å². The maximum atomic E-state index is 13.2. The summed E-state index contributed by atoms with van der Waals surface area (Å²) in [6, 6.07) is 18.6. The predicted octanol–water partition coefficient (Wildman–Crippen LogP) is 2.40. The van der Waals surface area contributed by atoms with Crippen molar-refractivity contribution in [1.82, 2.24) is 14.7 Å². The molecule has 1 saturated heterocycles. The third-order valence-electron chi connectivity index (χ3n) is 5.48. The van der Waals surface area contributed by atoms with Gasteiger partial charge in [0.25, 0.3) is 0 Å². The Hall–Kier alpha value is -2.37. The number of hydrogen-bond donors (Lipinski definition) is 0. The van der Waals surface area contributed by atoms with E-state index in [1.54, 1.807) is 0 Å². The summed E-state index contributed by atoms with van der Waals surface area (Å²) in [6.45, 7) is 5.15. The van der Waals surface area contributed by atoms with Crippen LogP contribution in [0.25, 0.3) is 0 Å². The number of amides is 1. The van der Waals surface area contributed by atoms with Gasteiger partial charge in [-0.1, -0.05) is 48.5 Å². The minimum Gasteiger partial charge on any atom is -0.492 e. The molecular formula is C22H27N3O2. The molecule has 1 amide bonds. The third-order valence-corrected chi connectivity index (χ3v) is 5.48. The summed E-state index contributed by atoms with van der Waals surface area (Å²) in [5, 5.41) is 0. The van der Waals surface area contributed by atoms with Crippen molar-refractivity contribution in [2.75, 3.05) is 46.4 Å². The van der Waals surface area contributed by atoms with E-state index in [1.807, 2.05) is 24.3 Å². The van der Waals surface area contributed by atoms with Crippen LogP contribution in [-0.2, 0) is 11.3 Å². The Morgan fingerprint density at radius 2 is 1.81 bits per heavy atom. The van der Waals surface area contributed by atoms with Gasteiger partial charge in [-0.2, -0.15) is 0 Å². The van der Waals surface area contributed by atoms with E-state index < -0.39 is 0 Å². The first-order chi connectivity index (χ1) is 13.2. The van der Waals surface area contributed by atoms with Crippen LogP contribution in [0.2, 0.25) is 0 Å². The van der Waals surface area contributed by atoms with Crippen LogP contribution in [-0.4, -0.2) is 67.0 Å². The highest BCUT2D eigenvalue weighted by Crippen LogP contribution is 2.26. The van der Waals surface area contributed by atoms with E-state index in [2.05, 4.69) is 52.1 Å². The summed E-state index contributed by atoms with van der Waals surface area (Å²) in [5.41, 5.74) is 2.36. The number of para-hydroxylation sites is 1. The topological polar surface area (TPSA) is 36.0 Å². The number of carbonyl (C=O) groups excluding carboxylic acids is 1. The lowest BCUT2D eigenvalue weighted by molar-refractivity contribution is -0.137. The maximum absolute atomic E-state index is 13.2. The SMILES string of the molecule is CN1CCN(C(=O)CN2CCOc3ccccc3C2)[C@@H](c2ccccc2)C1. The molecule has 5 nitrogen and oxygen atoms in total. The van der Waals surface area contributed by atoms with Crippen LogP contribution in [0.3, 0.4) is 0 Å². The lowest BCUT2D eigenvalue weighted by atomic mass is 10.0. The number of nitrogens with zero attached hydrogens (tertiary/aromatic N) is 3. The molecule has 0 unspecified atom stereocenters. The average molecular weight is 365 g/mol. The molecule has 27 heavy (non-hydrogen) atoms. The Labute approximate surface area is 161 Å². The molecule has 2 aromatic carbocycles. The van der Waals surface area contributed by atoms with Gasteiger partial charge in [0.2, 0.25) is 5.91 Å². The number of rotatable bonds is 3. The van der Waals surface area contributed by atoms with Crippen LogP contribution in [0.4, 0.5) is 0 Å². The second-order valence-corrected chi connectivity index (χ2v) is 7.44. The van der Waals surface area contributed by atoms with Crippen LogP contribution in [0.1, 0.15) is 17.2 Å². The highest BCUT2D eigenvalue weighted by atomic mass is 16.5. The van der Waals surface area contributed by atoms with Gasteiger partial charge in [0.05, 0.1) is 12.6 Å². The summed E-state index contributed by atoms with van der Waals surface area (Å²) in [5.74, 6) is 1.14. The van der Waals surface area contributed by atoms with Crippen molar-refractivity contribution >= 4 is 5.91 Å². The number of hydrogen-bond acceptors (Lipinski definition) is 4. The molecule has 2 aliphatic heterocycles. The zero-order chi connectivity index (χ0) is 18.6. The fourth-order valence-electron chi connectivity index (χ4n) is 3.98. The number of piperazine rings is 1. The molecule has 1 fully saturated rings. The summed E-state index contributed by atoms with van der Waals surface area (Å²) >= 11 is 0. The fraction of sp³-hybridized carbons (Fsp3) is 0.409. The zero-order valence-corrected chi connectivity index (χ0v) is 15.9. The number of benzene rings is 2. The van der Waals surface area contributed by atoms with Gasteiger partial charge in [-0.15, -0.1) is 0 Å². The predicted molar refractivity (Wildman–Crippen MR) is 106 cm³/mol. The number of likely N-dealkylation sites (N-methyl/N-ethyl adjacent to an activating group) is 1. The first kappa shape index (κ1) is 18.0. The molecule has 142 valence electrons. The second kappa shape index (κ2) is 8.11. The van der Waals surface area contributed by atoms with Gasteiger partial charge in [0.15, 0.2) is 0 Å². The summed E-state index contributed by atoms with van der Waals surface area (Å²) in [4.78, 5) is 19.8. The molecule has 0 bridgehead atoms. The molecule has 0 aromatic heterocycles. The molecule has 2 heterocycles. The lowest BCUT2D eigenvalue weighted by Crippen LogP contribution is -2.51. The van der Waals surface area contributed by atoms with Crippen LogP contribution < -0.4 is 4.74 Å². The Balaban J connectivity index is 1.48. The first-order valence-electron chi connectivity index (χ1n) is 9.67. The molecule has 4 rings (SSSR count). The van der Waals surface area contributed by atoms with Crippen molar-refractivity contribution in [1.29, 1.82) is 0 Å². The minimum absolute atomic E-state index is 0.118. The number of fused-ring (bicyclic) bond motifs is 1. The minimum atomic E-state index is 0.118. The van der Waals surface area contributed by atoms with Gasteiger partial charge in [0, 0.05) is 38.3 Å². The summed E-state index contributed by atoms with van der Waals surface area (Å²) < 4.78 is 5.84. The average Bonchev–Trinajstić information content (AvgIpc) is 2.90. The molecule has 1 atom stereocenters. The first-order valence-corrected chi connectivity index (χ1v) is 9.67. The van der Waals surface area contributed by atoms with Crippen molar-refractivity contribution in [2.24, 2.45) is 0 Å². The molecule has 0 aliphatic carbocycles. The van der Waals surface area contributed by atoms with E-state index in [0.717, 1.165) is 44.0 Å². The molecule has 2 aromatic rings. The smallest absolute Gasteiger partial charge is 0.237 e. The van der Waals surface area contributed by atoms with Gasteiger partial charge in [-0.3, -0.25) is 9.69 Å². The van der Waals surface area contributed by atoms with Gasteiger partial charge in [0.1, 0.15) is 12.4 Å². The Morgan fingerprint density at radius 1 is 1.04 bits per heavy atom. The van der Waals surface area contributed by atoms with E-state index in [1.165, 1.54) is 5.56 Å². The van der Waals surface area contributed by atoms with Crippen LogP contribution in [0.5, 0.6) is 5.75 Å². The highest BCUT2D eigenvalue weighted by molar-refractivity contribution is 5.79. The van der Waals surface area contributed by atoms with Crippen molar-refractivity contribution < 1.29 is 9.53 Å². The molecule has 5 heteroatoms. The highest BCUT2D eigenvalue weighted by Gasteiger charge is 2.31. The maximum Gasteiger partial charge on any atom is 0.237 e. The van der Waals surface area contributed by atoms with Crippen molar-refractivity contribution in [2.45, 2.75) is 12.6 Å². The van der Waals surface area contributed by atoms with Gasteiger partial charge >= 0.3 is 0 Å². The largest absolute Gasteiger partial charge is 0.492 e. The van der Waals surface area contributed by atoms with E-state index in [-0.39, 0.29) is 11.9 Å². The van der Waals surface area contributed by atoms with E-state index in [4.69, 9.17) is 4.74 Å². The second-order valence-electron chi connectivity index (χ2n) is 7.44. The molecule has 2 aliphatic rings. The van der Waals surface area contributed by atoms with Crippen molar-refractivity contribution in [3.05, 3.63) is 65.7 Å². The van der Waals surface area contributed by atoms with E-state index >= 15 is 0 Å². The van der Waals surface area contributed by atoms with Crippen LogP contribution in [0, 0.1) is 0 Å². The van der Waals surface area contributed by atoms with Gasteiger partial charge in [-0.25, -0.2) is 0 Å². The Kier molecular flexibility index (Phi) is 5.41. The zero-order valence-electron chi connectivity index (χ0n) is 15.9. The van der Waals surface area contributed by atoms with E-state index in [0.29, 0.717) is 13.2 Å². The third kappa shape index (κ3) is 4.15. The number of carbonyl (C=O) groups is 1. The van der Waals surface area contributed by atoms with Gasteiger partial charge < -0.3 is 14.5 Å². The van der Waals surface area contributed by atoms with E-state index in [9.17, 15) is 4.79 Å². The molecular weight excluding hydrogens is 338 g/mol. The fourth-order valence-corrected chi connectivity index (χ4v) is 3.98. The Morgan fingerprint density at radius 3 is 2.67 bits per heavy atom. The lowest BCUT2D eigenvalue weighted by Gasteiger charge is -2.41. The quantitative estimate of drug-likeness (QED) is 0.837. The summed E-state index contributed by atoms with van der Waals surface area (Å²) in [7, 11) is 2.13. The monoisotopic (exact) mass is 365 g/mol. The number of ether oxygens (including phenoxy) is 1.